The molecule has 0 spiro atoms. The summed E-state index contributed by atoms with van der Waals surface area (Å²) in [6, 6.07) is 5.86. The number of rotatable bonds is 12. The van der Waals surface area contributed by atoms with Crippen molar-refractivity contribution in [2.24, 2.45) is 0 Å². The van der Waals surface area contributed by atoms with Gasteiger partial charge in [0.25, 0.3) is 0 Å². The van der Waals surface area contributed by atoms with Gasteiger partial charge in [0, 0.05) is 31.3 Å². The van der Waals surface area contributed by atoms with E-state index in [9.17, 15) is 69.3 Å². The SMILES string of the molecule is CC(=O)OC1[C@H](OC2C(=O)c3c(O)cc(O)cc3OC2c2ccc3oc(=S)oc3c2)O[C@H](CO[C@H]2OC(C)C(OC(=O)O)[C@@H](OC(=O)O)[C@H]2OC(=O)O)C(OC(=O)O)[C@@H]1OC(=O)O. The molecule has 340 valence electrons. The second kappa shape index (κ2) is 18.5. The third-order valence-corrected chi connectivity index (χ3v) is 9.46. The average molecular weight is 917 g/mol. The van der Waals surface area contributed by atoms with Crippen LogP contribution in [0.25, 0.3) is 11.2 Å². The average Bonchev–Trinajstić information content (AvgIpc) is 3.54. The minimum Gasteiger partial charge on any atom is -0.508 e. The molecule has 12 atom stereocenters. The number of hydrogen-bond acceptors (Lipinski definition) is 23. The molecule has 28 heteroatoms. The van der Waals surface area contributed by atoms with Crippen LogP contribution in [-0.2, 0) is 52.2 Å². The number of esters is 1. The molecule has 0 radical (unpaired) electrons. The molecule has 63 heavy (non-hydrogen) atoms. The molecule has 6 unspecified atom stereocenters. The van der Waals surface area contributed by atoms with Gasteiger partial charge in [-0.05, 0) is 24.6 Å². The second-order valence-electron chi connectivity index (χ2n) is 13.4. The number of fused-ring (bicyclic) bond motifs is 2. The third kappa shape index (κ3) is 10.2. The van der Waals surface area contributed by atoms with E-state index in [-0.39, 0.29) is 27.4 Å². The number of aromatic hydroxyl groups is 2. The van der Waals surface area contributed by atoms with Crippen molar-refractivity contribution >= 4 is 65.9 Å². The smallest absolute Gasteiger partial charge is 0.506 e. The van der Waals surface area contributed by atoms with Crippen molar-refractivity contribution in [2.45, 2.75) is 87.5 Å². The highest BCUT2D eigenvalue weighted by atomic mass is 32.1. The van der Waals surface area contributed by atoms with Crippen LogP contribution in [-0.4, -0.2) is 152 Å². The van der Waals surface area contributed by atoms with Crippen molar-refractivity contribution in [2.75, 3.05) is 6.61 Å². The van der Waals surface area contributed by atoms with Gasteiger partial charge in [-0.2, -0.15) is 0 Å². The summed E-state index contributed by atoms with van der Waals surface area (Å²) in [5.41, 5.74) is -0.262. The van der Waals surface area contributed by atoms with E-state index in [0.29, 0.717) is 0 Å². The molecule has 4 heterocycles. The number of ether oxygens (including phenoxy) is 11. The fourth-order valence-corrected chi connectivity index (χ4v) is 7.19. The van der Waals surface area contributed by atoms with Gasteiger partial charge in [0.05, 0.1) is 12.7 Å². The number of phenols is 2. The van der Waals surface area contributed by atoms with Crippen molar-refractivity contribution in [1.29, 1.82) is 0 Å². The maximum Gasteiger partial charge on any atom is 0.506 e. The topological polar surface area (TPSA) is 389 Å². The van der Waals surface area contributed by atoms with Gasteiger partial charge in [0.15, 0.2) is 72.6 Å². The van der Waals surface area contributed by atoms with E-state index in [1.54, 1.807) is 0 Å². The predicted molar refractivity (Wildman–Crippen MR) is 191 cm³/mol. The molecule has 2 aromatic carbocycles. The highest BCUT2D eigenvalue weighted by Gasteiger charge is 2.57. The number of carbonyl (C=O) groups excluding carboxylic acids is 2. The van der Waals surface area contributed by atoms with E-state index in [0.717, 1.165) is 26.0 Å². The highest BCUT2D eigenvalue weighted by molar-refractivity contribution is 7.71. The van der Waals surface area contributed by atoms with Gasteiger partial charge < -0.3 is 96.7 Å². The van der Waals surface area contributed by atoms with E-state index in [1.807, 2.05) is 0 Å². The van der Waals surface area contributed by atoms with Crippen molar-refractivity contribution in [1.82, 2.24) is 0 Å². The molecule has 6 rings (SSSR count). The molecule has 1 aromatic heterocycles. The van der Waals surface area contributed by atoms with Crippen LogP contribution < -0.4 is 4.74 Å². The van der Waals surface area contributed by atoms with Crippen molar-refractivity contribution in [3.05, 3.63) is 46.4 Å². The molecule has 2 fully saturated rings. The Kier molecular flexibility index (Phi) is 13.3. The predicted octanol–water partition coefficient (Wildman–Crippen LogP) is 3.60. The van der Waals surface area contributed by atoms with Crippen LogP contribution in [0.4, 0.5) is 24.0 Å². The summed E-state index contributed by atoms with van der Waals surface area (Å²) in [4.78, 5) is 85.6. The zero-order chi connectivity index (χ0) is 46.0. The number of carboxylic acid groups (broad SMARTS) is 5. The highest BCUT2D eigenvalue weighted by Crippen LogP contribution is 2.45. The first kappa shape index (κ1) is 45.4. The Bertz CT molecular complexity index is 2340. The van der Waals surface area contributed by atoms with Crippen LogP contribution in [0, 0.1) is 4.90 Å². The third-order valence-electron chi connectivity index (χ3n) is 9.29. The number of hydrogen-bond donors (Lipinski definition) is 7. The van der Waals surface area contributed by atoms with Crippen LogP contribution in [0.1, 0.15) is 35.9 Å². The molecular formula is C35H32O27S. The molecular weight excluding hydrogens is 884 g/mol. The van der Waals surface area contributed by atoms with Crippen LogP contribution in [0.15, 0.2) is 39.2 Å². The number of benzene rings is 2. The Labute approximate surface area is 353 Å². The molecule has 0 saturated carbocycles. The van der Waals surface area contributed by atoms with Gasteiger partial charge in [-0.15, -0.1) is 0 Å². The molecule has 3 aliphatic heterocycles. The summed E-state index contributed by atoms with van der Waals surface area (Å²) in [6.45, 7) is 0.880. The fourth-order valence-electron chi connectivity index (χ4n) is 7.01. The Morgan fingerprint density at radius 1 is 0.683 bits per heavy atom. The number of carbonyl (C=O) groups is 7. The first-order chi connectivity index (χ1) is 29.7. The van der Waals surface area contributed by atoms with E-state index >= 15 is 0 Å². The summed E-state index contributed by atoms with van der Waals surface area (Å²) >= 11 is 4.95. The van der Waals surface area contributed by atoms with E-state index in [1.165, 1.54) is 18.2 Å². The second-order valence-corrected chi connectivity index (χ2v) is 13.7. The molecule has 3 aromatic rings. The van der Waals surface area contributed by atoms with Crippen molar-refractivity contribution < 1.29 is 130 Å². The van der Waals surface area contributed by atoms with Gasteiger partial charge in [0.2, 0.25) is 5.78 Å². The lowest BCUT2D eigenvalue weighted by Gasteiger charge is -2.46. The minimum atomic E-state index is -2.26. The van der Waals surface area contributed by atoms with Crippen molar-refractivity contribution in [3.8, 4) is 17.2 Å². The zero-order valence-electron chi connectivity index (χ0n) is 31.7. The standard InChI is InChI=1S/C35H32O27S/c1-9-20(58-30(40)41)24(60-32(44)45)26(62-34(48)49)28(51-9)50-8-17-22(59-31(42)43)25(61-33(46)47)27(52-10(2)36)29(54-17)57-23-19(39)18-13(38)6-12(37)7-16(18)53-21(23)11-3-4-14-15(5-11)56-35(63)55-14/h3-7,9,17,20-29,37-38H,8H2,1-2H3,(H,40,41)(H,42,43)(H,44,45)(H,46,47)(H,48,49)/t9?,17-,20?,21?,22?,23?,24-,25+,26-,27?,28+,29+/m1/s1. The monoisotopic (exact) mass is 916 g/mol. The molecule has 7 N–H and O–H groups in total. The normalized spacial score (nSPS) is 29.0. The maximum absolute atomic E-state index is 14.3. The molecule has 0 aliphatic carbocycles. The molecule has 2 saturated heterocycles. The summed E-state index contributed by atoms with van der Waals surface area (Å²) in [5, 5.41) is 68.6. The summed E-state index contributed by atoms with van der Waals surface area (Å²) in [5.74, 6) is -3.93. The van der Waals surface area contributed by atoms with Crippen LogP contribution in [0.2, 0.25) is 0 Å². The number of ketones is 1. The van der Waals surface area contributed by atoms with Gasteiger partial charge in [-0.1, -0.05) is 6.07 Å². The Hall–Kier alpha value is -7.14. The summed E-state index contributed by atoms with van der Waals surface area (Å²) in [6.07, 6.45) is -34.5. The van der Waals surface area contributed by atoms with Gasteiger partial charge in [-0.3, -0.25) is 9.59 Å². The van der Waals surface area contributed by atoms with E-state index < -0.39 is 140 Å². The summed E-state index contributed by atoms with van der Waals surface area (Å²) in [7, 11) is 0. The largest absolute Gasteiger partial charge is 0.508 e. The Balaban J connectivity index is 1.41. The minimum absolute atomic E-state index is 0.0469. The lowest BCUT2D eigenvalue weighted by Crippen LogP contribution is -2.65. The van der Waals surface area contributed by atoms with Crippen LogP contribution >= 0.6 is 12.2 Å². The lowest BCUT2D eigenvalue weighted by atomic mass is 9.92. The fraction of sp³-hybridized carbons (Fsp3) is 0.429. The van der Waals surface area contributed by atoms with Crippen LogP contribution in [0.5, 0.6) is 17.2 Å². The quantitative estimate of drug-likeness (QED) is 0.0775. The zero-order valence-corrected chi connectivity index (χ0v) is 32.5. The van der Waals surface area contributed by atoms with E-state index in [2.05, 4.69) is 4.74 Å². The Morgan fingerprint density at radius 3 is 1.86 bits per heavy atom. The molecule has 3 aliphatic rings. The van der Waals surface area contributed by atoms with Gasteiger partial charge in [0.1, 0.15) is 28.9 Å². The first-order valence-electron chi connectivity index (χ1n) is 17.7. The Morgan fingerprint density at radius 2 is 1.24 bits per heavy atom. The van der Waals surface area contributed by atoms with Gasteiger partial charge in [-0.25, -0.2) is 24.0 Å². The maximum atomic E-state index is 14.3. The summed E-state index contributed by atoms with van der Waals surface area (Å²) < 4.78 is 69.5. The lowest BCUT2D eigenvalue weighted by molar-refractivity contribution is -0.334. The molecule has 0 bridgehead atoms. The van der Waals surface area contributed by atoms with E-state index in [4.69, 9.17) is 68.4 Å². The number of phenolic OH excluding ortho intramolecular Hbond substituents is 2. The molecule has 0 amide bonds. The van der Waals surface area contributed by atoms with Crippen molar-refractivity contribution in [3.63, 3.8) is 0 Å². The van der Waals surface area contributed by atoms with Gasteiger partial charge >= 0.3 is 41.6 Å². The first-order valence-corrected chi connectivity index (χ1v) is 18.1. The van der Waals surface area contributed by atoms with Crippen LogP contribution in [0.3, 0.4) is 0 Å². The number of Topliss-reactive ketones (excluding diaryl/α,β-unsaturated/α-hetero) is 1. The molecule has 27 nitrogen and oxygen atoms in total.